The van der Waals surface area contributed by atoms with E-state index in [1.807, 2.05) is 26.6 Å². The van der Waals surface area contributed by atoms with Gasteiger partial charge in [-0.05, 0) is 44.9 Å². The minimum atomic E-state index is -3.39. The van der Waals surface area contributed by atoms with Gasteiger partial charge >= 0.3 is 7.52 Å². The van der Waals surface area contributed by atoms with Crippen molar-refractivity contribution in [2.45, 2.75) is 72.4 Å². The predicted molar refractivity (Wildman–Crippen MR) is 82.4 cm³/mol. The third kappa shape index (κ3) is 4.07. The van der Waals surface area contributed by atoms with Gasteiger partial charge in [-0.2, -0.15) is 5.26 Å². The fraction of sp³-hybridized carbons (Fsp3) is 0.933. The highest BCUT2D eigenvalue weighted by Gasteiger charge is 2.40. The minimum Gasteiger partial charge on any atom is -0.303 e. The van der Waals surface area contributed by atoms with Gasteiger partial charge in [-0.25, -0.2) is 4.67 Å². The van der Waals surface area contributed by atoms with Crippen LogP contribution in [0.15, 0.2) is 0 Å². The summed E-state index contributed by atoms with van der Waals surface area (Å²) in [6.07, 6.45) is 4.18. The molecule has 0 spiro atoms. The van der Waals surface area contributed by atoms with E-state index in [2.05, 4.69) is 13.8 Å². The Balaban J connectivity index is 2.93. The molecule has 1 saturated carbocycles. The Morgan fingerprint density at radius 2 is 1.90 bits per heavy atom. The van der Waals surface area contributed by atoms with Gasteiger partial charge < -0.3 is 4.52 Å². The fourth-order valence-electron chi connectivity index (χ4n) is 3.09. The molecule has 0 bridgehead atoms. The number of rotatable bonds is 6. The number of nitrogens with zero attached hydrogens (tertiary/aromatic N) is 2. The molecule has 1 aliphatic carbocycles. The molecule has 0 N–H and O–H groups in total. The normalized spacial score (nSPS) is 30.2. The number of nitriles is 1. The molecule has 3 atom stereocenters. The molecule has 0 amide bonds. The maximum absolute atomic E-state index is 13.0. The van der Waals surface area contributed by atoms with Gasteiger partial charge in [0.05, 0.1) is 6.10 Å². The molecule has 1 rings (SSSR count). The Labute approximate surface area is 124 Å². The van der Waals surface area contributed by atoms with E-state index >= 15 is 0 Å². The summed E-state index contributed by atoms with van der Waals surface area (Å²) in [6.45, 7) is 10.9. The highest BCUT2D eigenvalue weighted by molar-refractivity contribution is 7.61. The van der Waals surface area contributed by atoms with Crippen molar-refractivity contribution in [3.8, 4) is 5.81 Å². The molecular formula is C15H29N2O2P. The van der Waals surface area contributed by atoms with Gasteiger partial charge in [-0.3, -0.25) is 4.57 Å². The fourth-order valence-corrected chi connectivity index (χ4v) is 5.19. The molecule has 5 heteroatoms. The first kappa shape index (κ1) is 17.7. The summed E-state index contributed by atoms with van der Waals surface area (Å²) in [7, 11) is -3.39. The van der Waals surface area contributed by atoms with Crippen molar-refractivity contribution in [2.24, 2.45) is 11.8 Å². The lowest BCUT2D eigenvalue weighted by molar-refractivity contribution is 0.0490. The topological polar surface area (TPSA) is 53.3 Å². The molecule has 0 aromatic heterocycles. The lowest BCUT2D eigenvalue weighted by Crippen LogP contribution is -2.36. The third-order valence-electron chi connectivity index (χ3n) is 4.22. The summed E-state index contributed by atoms with van der Waals surface area (Å²) in [5.74, 6) is 2.74. The van der Waals surface area contributed by atoms with Crippen LogP contribution in [-0.4, -0.2) is 23.4 Å². The second kappa shape index (κ2) is 7.59. The molecule has 1 fully saturated rings. The van der Waals surface area contributed by atoms with E-state index < -0.39 is 7.52 Å². The maximum Gasteiger partial charge on any atom is 0.371 e. The van der Waals surface area contributed by atoms with E-state index in [0.717, 1.165) is 19.3 Å². The van der Waals surface area contributed by atoms with Gasteiger partial charge in [0.1, 0.15) is 0 Å². The zero-order valence-corrected chi connectivity index (χ0v) is 14.4. The first-order chi connectivity index (χ1) is 9.35. The molecular weight excluding hydrogens is 271 g/mol. The van der Waals surface area contributed by atoms with Gasteiger partial charge in [-0.1, -0.05) is 27.2 Å². The van der Waals surface area contributed by atoms with Crippen molar-refractivity contribution in [1.82, 2.24) is 4.67 Å². The SMILES string of the molecule is CCCN(C(C)C)P(=O)(C#N)OC1C(C)CCCC1C. The first-order valence-electron chi connectivity index (χ1n) is 7.82. The monoisotopic (exact) mass is 300 g/mol. The van der Waals surface area contributed by atoms with Crippen molar-refractivity contribution in [2.75, 3.05) is 6.54 Å². The van der Waals surface area contributed by atoms with Crippen LogP contribution in [0, 0.1) is 22.9 Å². The van der Waals surface area contributed by atoms with E-state index in [0.29, 0.717) is 18.4 Å². The molecule has 116 valence electrons. The smallest absolute Gasteiger partial charge is 0.303 e. The Morgan fingerprint density at radius 1 is 1.35 bits per heavy atom. The second-order valence-corrected chi connectivity index (χ2v) is 8.30. The molecule has 20 heavy (non-hydrogen) atoms. The lowest BCUT2D eigenvalue weighted by Gasteiger charge is -2.38. The largest absolute Gasteiger partial charge is 0.371 e. The van der Waals surface area contributed by atoms with Gasteiger partial charge in [0.2, 0.25) is 0 Å². The molecule has 0 aliphatic heterocycles. The van der Waals surface area contributed by atoms with Crippen molar-refractivity contribution in [1.29, 1.82) is 5.26 Å². The lowest BCUT2D eigenvalue weighted by atomic mass is 9.81. The Hall–Kier alpha value is -0.360. The predicted octanol–water partition coefficient (Wildman–Crippen LogP) is 4.62. The van der Waals surface area contributed by atoms with E-state index in [9.17, 15) is 9.83 Å². The summed E-state index contributed by atoms with van der Waals surface area (Å²) in [4.78, 5) is 0. The quantitative estimate of drug-likeness (QED) is 0.671. The average Bonchev–Trinajstić information content (AvgIpc) is 2.40. The van der Waals surface area contributed by atoms with Gasteiger partial charge in [0, 0.05) is 12.6 Å². The van der Waals surface area contributed by atoms with E-state index in [1.165, 1.54) is 6.42 Å². The summed E-state index contributed by atoms with van der Waals surface area (Å²) in [5.41, 5.74) is 0. The molecule has 0 saturated heterocycles. The summed E-state index contributed by atoms with van der Waals surface area (Å²) >= 11 is 0. The Kier molecular flexibility index (Phi) is 6.72. The van der Waals surface area contributed by atoms with Crippen molar-refractivity contribution >= 4 is 7.52 Å². The zero-order chi connectivity index (χ0) is 15.3. The van der Waals surface area contributed by atoms with Gasteiger partial charge in [0.15, 0.2) is 5.81 Å². The number of hydrogen-bond acceptors (Lipinski definition) is 3. The highest BCUT2D eigenvalue weighted by atomic mass is 31.2. The zero-order valence-electron chi connectivity index (χ0n) is 13.5. The van der Waals surface area contributed by atoms with E-state index in [4.69, 9.17) is 4.52 Å². The van der Waals surface area contributed by atoms with Crippen molar-refractivity contribution in [3.63, 3.8) is 0 Å². The van der Waals surface area contributed by atoms with Crippen LogP contribution >= 0.6 is 7.52 Å². The van der Waals surface area contributed by atoms with Crippen molar-refractivity contribution < 1.29 is 9.09 Å². The molecule has 0 radical (unpaired) electrons. The standard InChI is InChI=1S/C15H29N2O2P/c1-6-10-17(12(2)3)20(18,11-16)19-15-13(4)8-7-9-14(15)5/h12-15H,6-10H2,1-5H3. The van der Waals surface area contributed by atoms with E-state index in [1.54, 1.807) is 4.67 Å². The third-order valence-corrected chi connectivity index (χ3v) is 6.34. The van der Waals surface area contributed by atoms with Crippen LogP contribution < -0.4 is 0 Å². The van der Waals surface area contributed by atoms with Gasteiger partial charge in [0.25, 0.3) is 0 Å². The summed E-state index contributed by atoms with van der Waals surface area (Å²) in [5, 5.41) is 9.45. The van der Waals surface area contributed by atoms with Crippen LogP contribution in [0.25, 0.3) is 0 Å². The Morgan fingerprint density at radius 3 is 2.30 bits per heavy atom. The van der Waals surface area contributed by atoms with Crippen LogP contribution in [0.3, 0.4) is 0 Å². The second-order valence-electron chi connectivity index (χ2n) is 6.33. The highest BCUT2D eigenvalue weighted by Crippen LogP contribution is 2.54. The van der Waals surface area contributed by atoms with Crippen LogP contribution in [0.5, 0.6) is 0 Å². The Bertz CT molecular complexity index is 382. The summed E-state index contributed by atoms with van der Waals surface area (Å²) < 4.78 is 20.7. The molecule has 1 aliphatic rings. The van der Waals surface area contributed by atoms with Crippen LogP contribution in [0.2, 0.25) is 0 Å². The molecule has 0 aromatic carbocycles. The van der Waals surface area contributed by atoms with Crippen LogP contribution in [0.1, 0.15) is 60.3 Å². The van der Waals surface area contributed by atoms with E-state index in [-0.39, 0.29) is 12.1 Å². The molecule has 0 aromatic rings. The number of hydrogen-bond donors (Lipinski definition) is 0. The molecule has 0 heterocycles. The van der Waals surface area contributed by atoms with Crippen LogP contribution in [0.4, 0.5) is 0 Å². The van der Waals surface area contributed by atoms with Crippen molar-refractivity contribution in [3.05, 3.63) is 0 Å². The first-order valence-corrected chi connectivity index (χ1v) is 9.40. The van der Waals surface area contributed by atoms with Crippen LogP contribution in [-0.2, 0) is 9.09 Å². The summed E-state index contributed by atoms with van der Waals surface area (Å²) in [6, 6.07) is 0.0506. The molecule has 4 nitrogen and oxygen atoms in total. The molecule has 3 unspecified atom stereocenters. The van der Waals surface area contributed by atoms with Gasteiger partial charge in [-0.15, -0.1) is 0 Å². The average molecular weight is 300 g/mol. The maximum atomic E-state index is 13.0. The minimum absolute atomic E-state index is 0.0506.